The molecule has 0 unspecified atom stereocenters. The van der Waals surface area contributed by atoms with Crippen molar-refractivity contribution in [3.05, 3.63) is 23.5 Å². The Morgan fingerprint density at radius 3 is 2.50 bits per heavy atom. The number of hydrogen-bond donors (Lipinski definition) is 3. The second-order valence-corrected chi connectivity index (χ2v) is 3.51. The van der Waals surface area contributed by atoms with E-state index in [0.717, 1.165) is 11.8 Å². The first-order valence-electron chi connectivity index (χ1n) is 3.94. The van der Waals surface area contributed by atoms with Crippen molar-refractivity contribution in [1.29, 1.82) is 0 Å². The van der Waals surface area contributed by atoms with E-state index in [0.29, 0.717) is 5.56 Å². The molecule has 0 radical (unpaired) electrons. The maximum atomic E-state index is 13.5. The minimum absolute atomic E-state index is 0.174. The molecular formula is C8H10BFO3S. The predicted molar refractivity (Wildman–Crippen MR) is 53.9 cm³/mol. The van der Waals surface area contributed by atoms with Gasteiger partial charge in [0, 0.05) is 10.4 Å². The molecule has 14 heavy (non-hydrogen) atoms. The van der Waals surface area contributed by atoms with Gasteiger partial charge in [-0.05, 0) is 11.8 Å². The Morgan fingerprint density at radius 2 is 2.07 bits per heavy atom. The highest BCUT2D eigenvalue weighted by Crippen LogP contribution is 2.22. The topological polar surface area (TPSA) is 60.7 Å². The maximum absolute atomic E-state index is 13.5. The Morgan fingerprint density at radius 1 is 1.43 bits per heavy atom. The van der Waals surface area contributed by atoms with Crippen LogP contribution in [0, 0.1) is 5.82 Å². The fourth-order valence-electron chi connectivity index (χ4n) is 1.16. The number of hydrogen-bond acceptors (Lipinski definition) is 4. The van der Waals surface area contributed by atoms with Gasteiger partial charge in [-0.2, -0.15) is 0 Å². The highest BCUT2D eigenvalue weighted by Gasteiger charge is 2.20. The molecule has 3 N–H and O–H groups in total. The number of aliphatic hydroxyl groups is 1. The van der Waals surface area contributed by atoms with Crippen LogP contribution in [0.3, 0.4) is 0 Å². The second kappa shape index (κ2) is 4.79. The molecule has 1 rings (SSSR count). The maximum Gasteiger partial charge on any atom is 0.491 e. The molecule has 0 fully saturated rings. The normalized spacial score (nSPS) is 10.4. The lowest BCUT2D eigenvalue weighted by Crippen LogP contribution is -2.33. The monoisotopic (exact) mass is 216 g/mol. The van der Waals surface area contributed by atoms with Crippen LogP contribution in [0.25, 0.3) is 0 Å². The van der Waals surface area contributed by atoms with E-state index in [-0.39, 0.29) is 17.0 Å². The Kier molecular flexibility index (Phi) is 3.94. The first kappa shape index (κ1) is 11.5. The summed E-state index contributed by atoms with van der Waals surface area (Å²) in [7, 11) is -1.83. The molecule has 3 nitrogen and oxygen atoms in total. The van der Waals surface area contributed by atoms with Crippen molar-refractivity contribution in [2.45, 2.75) is 11.5 Å². The third kappa shape index (κ3) is 2.09. The van der Waals surface area contributed by atoms with Gasteiger partial charge in [-0.3, -0.25) is 0 Å². The van der Waals surface area contributed by atoms with Gasteiger partial charge in [0.2, 0.25) is 0 Å². The van der Waals surface area contributed by atoms with Crippen LogP contribution >= 0.6 is 11.8 Å². The lowest BCUT2D eigenvalue weighted by atomic mass is 9.79. The zero-order chi connectivity index (χ0) is 10.7. The van der Waals surface area contributed by atoms with E-state index < -0.39 is 12.9 Å². The van der Waals surface area contributed by atoms with E-state index in [9.17, 15) is 4.39 Å². The first-order valence-corrected chi connectivity index (χ1v) is 5.16. The van der Waals surface area contributed by atoms with Crippen molar-refractivity contribution in [3.63, 3.8) is 0 Å². The van der Waals surface area contributed by atoms with E-state index in [1.807, 2.05) is 0 Å². The SMILES string of the molecule is CSc1c(CO)ccc(B(O)O)c1F. The van der Waals surface area contributed by atoms with Crippen LogP contribution in [0.1, 0.15) is 5.56 Å². The van der Waals surface area contributed by atoms with Crippen LogP contribution in [0.4, 0.5) is 4.39 Å². The van der Waals surface area contributed by atoms with Crippen molar-refractivity contribution < 1.29 is 19.5 Å². The molecule has 1 aromatic rings. The summed E-state index contributed by atoms with van der Waals surface area (Å²) in [6, 6.07) is 2.73. The quantitative estimate of drug-likeness (QED) is 0.480. The van der Waals surface area contributed by atoms with Crippen molar-refractivity contribution in [1.82, 2.24) is 0 Å². The molecule has 0 saturated heterocycles. The Labute approximate surface area is 85.7 Å². The zero-order valence-electron chi connectivity index (χ0n) is 7.57. The zero-order valence-corrected chi connectivity index (χ0v) is 8.38. The van der Waals surface area contributed by atoms with Gasteiger partial charge in [0.15, 0.2) is 0 Å². The highest BCUT2D eigenvalue weighted by atomic mass is 32.2. The number of aliphatic hydroxyl groups excluding tert-OH is 1. The Bertz CT molecular complexity index is 333. The largest absolute Gasteiger partial charge is 0.491 e. The van der Waals surface area contributed by atoms with Gasteiger partial charge in [0.05, 0.1) is 6.61 Å². The molecule has 0 aromatic heterocycles. The van der Waals surface area contributed by atoms with Crippen LogP contribution in [0.5, 0.6) is 0 Å². The molecule has 0 aliphatic carbocycles. The molecule has 1 aromatic carbocycles. The van der Waals surface area contributed by atoms with Crippen molar-refractivity contribution in [2.75, 3.05) is 6.26 Å². The van der Waals surface area contributed by atoms with E-state index >= 15 is 0 Å². The summed E-state index contributed by atoms with van der Waals surface area (Å²) in [6.45, 7) is -0.269. The summed E-state index contributed by atoms with van der Waals surface area (Å²) < 4.78 is 13.5. The standard InChI is InChI=1S/C8H10BFO3S/c1-14-8-5(4-11)2-3-6(7(8)10)9(12)13/h2-3,11-13H,4H2,1H3. The molecule has 0 amide bonds. The fourth-order valence-corrected chi connectivity index (χ4v) is 1.85. The van der Waals surface area contributed by atoms with Gasteiger partial charge < -0.3 is 15.2 Å². The second-order valence-electron chi connectivity index (χ2n) is 2.69. The van der Waals surface area contributed by atoms with E-state index in [4.69, 9.17) is 15.2 Å². The number of rotatable bonds is 3. The number of thioether (sulfide) groups is 1. The van der Waals surface area contributed by atoms with Crippen LogP contribution in [0.15, 0.2) is 17.0 Å². The molecule has 0 spiro atoms. The van der Waals surface area contributed by atoms with Crippen LogP contribution in [-0.2, 0) is 6.61 Å². The third-order valence-corrected chi connectivity index (χ3v) is 2.71. The molecule has 0 atom stereocenters. The lowest BCUT2D eigenvalue weighted by molar-refractivity contribution is 0.277. The Hall–Kier alpha value is -0.555. The van der Waals surface area contributed by atoms with E-state index in [1.165, 1.54) is 12.1 Å². The summed E-state index contributed by atoms with van der Waals surface area (Å²) in [5, 5.41) is 26.6. The van der Waals surface area contributed by atoms with Gasteiger partial charge in [0.25, 0.3) is 0 Å². The van der Waals surface area contributed by atoms with Gasteiger partial charge in [-0.15, -0.1) is 11.8 Å². The van der Waals surface area contributed by atoms with Crippen LogP contribution in [-0.4, -0.2) is 28.5 Å². The highest BCUT2D eigenvalue weighted by molar-refractivity contribution is 7.98. The fraction of sp³-hybridized carbons (Fsp3) is 0.250. The molecule has 0 bridgehead atoms. The van der Waals surface area contributed by atoms with Crippen molar-refractivity contribution in [3.8, 4) is 0 Å². The van der Waals surface area contributed by atoms with Crippen LogP contribution in [0.2, 0.25) is 0 Å². The van der Waals surface area contributed by atoms with Gasteiger partial charge >= 0.3 is 7.12 Å². The first-order chi connectivity index (χ1) is 6.61. The molecule has 0 heterocycles. The minimum Gasteiger partial charge on any atom is -0.423 e. The van der Waals surface area contributed by atoms with E-state index in [2.05, 4.69) is 0 Å². The Balaban J connectivity index is 3.27. The minimum atomic E-state index is -1.83. The lowest BCUT2D eigenvalue weighted by Gasteiger charge is -2.09. The smallest absolute Gasteiger partial charge is 0.423 e. The summed E-state index contributed by atoms with van der Waals surface area (Å²) >= 11 is 1.12. The van der Waals surface area contributed by atoms with Gasteiger partial charge in [-0.25, -0.2) is 4.39 Å². The molecule has 0 aliphatic heterocycles. The average molecular weight is 216 g/mol. The molecule has 6 heteroatoms. The summed E-state index contributed by atoms with van der Waals surface area (Å²) in [5.74, 6) is -0.681. The molecule has 0 aliphatic rings. The summed E-state index contributed by atoms with van der Waals surface area (Å²) in [5.41, 5.74) is 0.269. The van der Waals surface area contributed by atoms with Gasteiger partial charge in [0.1, 0.15) is 5.82 Å². The molecular weight excluding hydrogens is 206 g/mol. The molecule has 76 valence electrons. The van der Waals surface area contributed by atoms with E-state index in [1.54, 1.807) is 6.26 Å². The predicted octanol–water partition coefficient (Wildman–Crippen LogP) is -0.280. The van der Waals surface area contributed by atoms with Gasteiger partial charge in [-0.1, -0.05) is 12.1 Å². The average Bonchev–Trinajstić information content (AvgIpc) is 2.16. The van der Waals surface area contributed by atoms with Crippen LogP contribution < -0.4 is 5.46 Å². The van der Waals surface area contributed by atoms with Crippen molar-refractivity contribution in [2.24, 2.45) is 0 Å². The molecule has 0 saturated carbocycles. The third-order valence-electron chi connectivity index (χ3n) is 1.86. The van der Waals surface area contributed by atoms with Crippen molar-refractivity contribution >= 4 is 24.3 Å². The number of halogens is 1. The number of benzene rings is 1. The summed E-state index contributed by atoms with van der Waals surface area (Å²) in [4.78, 5) is 0.248. The summed E-state index contributed by atoms with van der Waals surface area (Å²) in [6.07, 6.45) is 1.66.